The van der Waals surface area contributed by atoms with Crippen molar-refractivity contribution in [2.24, 2.45) is 5.92 Å². The minimum Gasteiger partial charge on any atom is -0.478 e. The van der Waals surface area contributed by atoms with Gasteiger partial charge < -0.3 is 10.1 Å². The monoisotopic (exact) mass is 393 g/mol. The van der Waals surface area contributed by atoms with Crippen LogP contribution in [0.2, 0.25) is 0 Å². The molecule has 0 unspecified atom stereocenters. The minimum absolute atomic E-state index is 0.0726. The van der Waals surface area contributed by atoms with Crippen LogP contribution in [0.5, 0.6) is 5.88 Å². The largest absolute Gasteiger partial charge is 0.478 e. The maximum atomic E-state index is 13.0. The molecular weight excluding hydrogens is 370 g/mol. The van der Waals surface area contributed by atoms with Crippen molar-refractivity contribution in [3.63, 3.8) is 0 Å². The Morgan fingerprint density at radius 3 is 2.96 bits per heavy atom. The van der Waals surface area contributed by atoms with Gasteiger partial charge >= 0.3 is 0 Å². The van der Waals surface area contributed by atoms with Crippen LogP contribution in [0, 0.1) is 5.92 Å². The fourth-order valence-electron chi connectivity index (χ4n) is 3.53. The lowest BCUT2D eigenvalue weighted by molar-refractivity contribution is -0.125. The maximum absolute atomic E-state index is 13.0. The Balaban J connectivity index is 1.47. The average Bonchev–Trinajstić information content (AvgIpc) is 3.17. The molecule has 0 saturated heterocycles. The smallest absolute Gasteiger partial charge is 0.224 e. The van der Waals surface area contributed by atoms with Crippen LogP contribution in [0.3, 0.4) is 0 Å². The molecule has 28 heavy (non-hydrogen) atoms. The van der Waals surface area contributed by atoms with Crippen LogP contribution in [-0.4, -0.2) is 22.5 Å². The molecule has 1 amide bonds. The molecular formula is C22H23N3O2S. The zero-order valence-electron chi connectivity index (χ0n) is 15.8. The molecule has 6 heteroatoms. The van der Waals surface area contributed by atoms with Crippen LogP contribution in [-0.2, 0) is 11.3 Å². The number of allylic oxidation sites excluding steroid dienone is 2. The molecule has 1 aliphatic carbocycles. The molecule has 1 aromatic carbocycles. The van der Waals surface area contributed by atoms with E-state index in [1.165, 1.54) is 4.70 Å². The van der Waals surface area contributed by atoms with Gasteiger partial charge in [-0.2, -0.15) is 0 Å². The van der Waals surface area contributed by atoms with Gasteiger partial charge in [-0.25, -0.2) is 9.97 Å². The number of benzene rings is 1. The Morgan fingerprint density at radius 1 is 1.25 bits per heavy atom. The van der Waals surface area contributed by atoms with Crippen LogP contribution in [0.4, 0.5) is 0 Å². The topological polar surface area (TPSA) is 64.1 Å². The molecule has 0 aliphatic heterocycles. The van der Waals surface area contributed by atoms with Crippen LogP contribution < -0.4 is 10.1 Å². The molecule has 4 rings (SSSR count). The van der Waals surface area contributed by atoms with Gasteiger partial charge in [0.15, 0.2) is 0 Å². The number of aromatic nitrogens is 2. The first-order chi connectivity index (χ1) is 13.7. The quantitative estimate of drug-likeness (QED) is 0.628. The average molecular weight is 394 g/mol. The van der Waals surface area contributed by atoms with Gasteiger partial charge in [-0.1, -0.05) is 24.3 Å². The van der Waals surface area contributed by atoms with E-state index in [2.05, 4.69) is 28.5 Å². The number of nitrogens with one attached hydrogen (secondary N) is 1. The van der Waals surface area contributed by atoms with Crippen LogP contribution in [0.25, 0.3) is 10.2 Å². The molecule has 0 spiro atoms. The number of hydrogen-bond donors (Lipinski definition) is 1. The van der Waals surface area contributed by atoms with E-state index in [0.717, 1.165) is 28.9 Å². The van der Waals surface area contributed by atoms with Gasteiger partial charge in [-0.3, -0.25) is 4.79 Å². The second-order valence-electron chi connectivity index (χ2n) is 6.83. The minimum atomic E-state index is -0.0984. The summed E-state index contributed by atoms with van der Waals surface area (Å²) in [5.41, 5.74) is 1.99. The number of para-hydroxylation sites is 1. The van der Waals surface area contributed by atoms with Crippen molar-refractivity contribution in [1.29, 1.82) is 0 Å². The van der Waals surface area contributed by atoms with Crippen LogP contribution >= 0.6 is 11.3 Å². The van der Waals surface area contributed by atoms with Crippen molar-refractivity contribution in [2.45, 2.75) is 32.2 Å². The lowest BCUT2D eigenvalue weighted by Crippen LogP contribution is -2.34. The molecule has 144 valence electrons. The van der Waals surface area contributed by atoms with Gasteiger partial charge in [-0.15, -0.1) is 11.3 Å². The SMILES string of the molecule is CCOc1cc(CNC(=O)[C@@H]2CC=CC[C@H]2c2nc3ccccc3s2)ccn1. The number of pyridine rings is 1. The number of rotatable bonds is 6. The summed E-state index contributed by atoms with van der Waals surface area (Å²) in [4.78, 5) is 21.9. The predicted octanol–water partition coefficient (Wildman–Crippen LogP) is 4.46. The number of nitrogens with zero attached hydrogens (tertiary/aromatic N) is 2. The Morgan fingerprint density at radius 2 is 2.11 bits per heavy atom. The second kappa shape index (κ2) is 8.52. The van der Waals surface area contributed by atoms with E-state index in [1.54, 1.807) is 17.5 Å². The summed E-state index contributed by atoms with van der Waals surface area (Å²) < 4.78 is 6.61. The zero-order valence-corrected chi connectivity index (χ0v) is 16.6. The summed E-state index contributed by atoms with van der Waals surface area (Å²) in [5.74, 6) is 0.683. The number of thiazole rings is 1. The van der Waals surface area contributed by atoms with E-state index < -0.39 is 0 Å². The molecule has 2 aromatic heterocycles. The van der Waals surface area contributed by atoms with Crippen LogP contribution in [0.1, 0.15) is 36.3 Å². The maximum Gasteiger partial charge on any atom is 0.224 e. The number of carbonyl (C=O) groups excluding carboxylic acids is 1. The highest BCUT2D eigenvalue weighted by atomic mass is 32.1. The summed E-state index contributed by atoms with van der Waals surface area (Å²) in [7, 11) is 0. The molecule has 3 aromatic rings. The first-order valence-corrected chi connectivity index (χ1v) is 10.4. The molecule has 2 atom stereocenters. The van der Waals surface area contributed by atoms with Gasteiger partial charge in [0.25, 0.3) is 0 Å². The Bertz CT molecular complexity index is 965. The standard InChI is InChI=1S/C22H23N3O2S/c1-2-27-20-13-15(11-12-23-20)14-24-21(26)16-7-3-4-8-17(16)22-25-18-9-5-6-10-19(18)28-22/h3-6,9-13,16-17H,2,7-8,14H2,1H3,(H,24,26)/t16-,17-/m1/s1. The lowest BCUT2D eigenvalue weighted by Gasteiger charge is -2.26. The van der Waals surface area contributed by atoms with Crippen LogP contribution in [0.15, 0.2) is 54.7 Å². The summed E-state index contributed by atoms with van der Waals surface area (Å²) in [6.07, 6.45) is 7.57. The zero-order chi connectivity index (χ0) is 19.3. The lowest BCUT2D eigenvalue weighted by atomic mass is 9.82. The third-order valence-electron chi connectivity index (χ3n) is 4.96. The van der Waals surface area contributed by atoms with Crippen molar-refractivity contribution >= 4 is 27.5 Å². The van der Waals surface area contributed by atoms with E-state index in [9.17, 15) is 4.79 Å². The highest BCUT2D eigenvalue weighted by Gasteiger charge is 2.32. The van der Waals surface area contributed by atoms with E-state index in [-0.39, 0.29) is 17.7 Å². The fraction of sp³-hybridized carbons (Fsp3) is 0.318. The first-order valence-electron chi connectivity index (χ1n) is 9.60. The van der Waals surface area contributed by atoms with Gasteiger partial charge in [0, 0.05) is 24.7 Å². The van der Waals surface area contributed by atoms with E-state index in [0.29, 0.717) is 19.0 Å². The molecule has 1 aliphatic rings. The predicted molar refractivity (Wildman–Crippen MR) is 111 cm³/mol. The molecule has 0 saturated carbocycles. The Kier molecular flexibility index (Phi) is 5.67. The highest BCUT2D eigenvalue weighted by Crippen LogP contribution is 2.38. The molecule has 2 heterocycles. The van der Waals surface area contributed by atoms with Crippen molar-refractivity contribution < 1.29 is 9.53 Å². The van der Waals surface area contributed by atoms with Gasteiger partial charge in [0.2, 0.25) is 11.8 Å². The van der Waals surface area contributed by atoms with Crippen molar-refractivity contribution in [1.82, 2.24) is 15.3 Å². The molecule has 0 radical (unpaired) electrons. The molecule has 0 bridgehead atoms. The number of ether oxygens (including phenoxy) is 1. The summed E-state index contributed by atoms with van der Waals surface area (Å²) in [6, 6.07) is 11.9. The van der Waals surface area contributed by atoms with Gasteiger partial charge in [0.1, 0.15) is 0 Å². The van der Waals surface area contributed by atoms with Gasteiger partial charge in [-0.05, 0) is 43.5 Å². The molecule has 0 fully saturated rings. The van der Waals surface area contributed by atoms with E-state index in [4.69, 9.17) is 9.72 Å². The van der Waals surface area contributed by atoms with E-state index >= 15 is 0 Å². The van der Waals surface area contributed by atoms with Gasteiger partial charge in [0.05, 0.1) is 27.7 Å². The normalized spacial score (nSPS) is 18.9. The molecule has 1 N–H and O–H groups in total. The van der Waals surface area contributed by atoms with Crippen molar-refractivity contribution in [2.75, 3.05) is 6.61 Å². The fourth-order valence-corrected chi connectivity index (χ4v) is 4.68. The Hall–Kier alpha value is -2.73. The third-order valence-corrected chi connectivity index (χ3v) is 6.12. The molecule has 5 nitrogen and oxygen atoms in total. The summed E-state index contributed by atoms with van der Waals surface area (Å²) in [5, 5.41) is 4.14. The Labute approximate surface area is 168 Å². The second-order valence-corrected chi connectivity index (χ2v) is 7.89. The summed E-state index contributed by atoms with van der Waals surface area (Å²) >= 11 is 1.70. The van der Waals surface area contributed by atoms with Crippen molar-refractivity contribution in [3.8, 4) is 5.88 Å². The third kappa shape index (κ3) is 4.07. The van der Waals surface area contributed by atoms with E-state index in [1.807, 2.05) is 37.3 Å². The number of hydrogen-bond acceptors (Lipinski definition) is 5. The number of amides is 1. The highest BCUT2D eigenvalue weighted by molar-refractivity contribution is 7.18. The first kappa shape index (κ1) is 18.6. The van der Waals surface area contributed by atoms with Crippen molar-refractivity contribution in [3.05, 3.63) is 65.3 Å². The number of carbonyl (C=O) groups is 1. The summed E-state index contributed by atoms with van der Waals surface area (Å²) in [6.45, 7) is 2.96. The number of fused-ring (bicyclic) bond motifs is 1.